The Kier molecular flexibility index (Phi) is 8.55. The first-order chi connectivity index (χ1) is 18.9. The summed E-state index contributed by atoms with van der Waals surface area (Å²) < 4.78 is 74.3. The molecule has 3 aromatic rings. The average molecular weight is 568 g/mol. The van der Waals surface area contributed by atoms with Crippen LogP contribution in [0.15, 0.2) is 42.5 Å². The highest BCUT2D eigenvalue weighted by Crippen LogP contribution is 2.27. The molecule has 1 heterocycles. The molecule has 0 radical (unpaired) electrons. The fourth-order valence-corrected chi connectivity index (χ4v) is 4.27. The van der Waals surface area contributed by atoms with Gasteiger partial charge in [-0.15, -0.1) is 0 Å². The average Bonchev–Trinajstić information content (AvgIpc) is 2.90. The van der Waals surface area contributed by atoms with Crippen LogP contribution in [0.5, 0.6) is 5.75 Å². The first-order valence-corrected chi connectivity index (χ1v) is 12.3. The molecular weight excluding hydrogens is 541 g/mol. The lowest BCUT2D eigenvalue weighted by Crippen LogP contribution is -2.48. The number of amides is 1. The van der Waals surface area contributed by atoms with Crippen molar-refractivity contribution in [3.63, 3.8) is 0 Å². The highest BCUT2D eigenvalue weighted by Gasteiger charge is 2.44. The van der Waals surface area contributed by atoms with Crippen LogP contribution in [0.1, 0.15) is 25.7 Å². The predicted octanol–water partition coefficient (Wildman–Crippen LogP) is 4.32. The van der Waals surface area contributed by atoms with Crippen molar-refractivity contribution in [3.05, 3.63) is 54.1 Å². The van der Waals surface area contributed by atoms with Gasteiger partial charge in [-0.3, -0.25) is 4.79 Å². The van der Waals surface area contributed by atoms with Gasteiger partial charge in [-0.2, -0.15) is 18.2 Å². The fourth-order valence-electron chi connectivity index (χ4n) is 4.27. The minimum atomic E-state index is -5.41. The Hall–Kier alpha value is -4.23. The topological polar surface area (TPSA) is 106 Å². The summed E-state index contributed by atoms with van der Waals surface area (Å²) in [6.45, 7) is 0. The van der Waals surface area contributed by atoms with E-state index in [1.54, 1.807) is 0 Å². The second-order valence-corrected chi connectivity index (χ2v) is 9.41. The van der Waals surface area contributed by atoms with E-state index in [2.05, 4.69) is 25.3 Å². The third-order valence-electron chi connectivity index (χ3n) is 6.21. The van der Waals surface area contributed by atoms with Gasteiger partial charge in [0.2, 0.25) is 5.95 Å². The van der Waals surface area contributed by atoms with Crippen LogP contribution in [0.4, 0.5) is 33.7 Å². The maximum Gasteiger partial charge on any atom is 0.491 e. The van der Waals surface area contributed by atoms with Crippen LogP contribution in [0.3, 0.4) is 0 Å². The first kappa shape index (κ1) is 28.8. The number of para-hydroxylation sites is 1. The van der Waals surface area contributed by atoms with Gasteiger partial charge in [0.15, 0.2) is 11.6 Å². The number of rotatable bonds is 8. The van der Waals surface area contributed by atoms with Gasteiger partial charge in [-0.1, -0.05) is 12.1 Å². The van der Waals surface area contributed by atoms with Crippen molar-refractivity contribution in [1.29, 1.82) is 0 Å². The highest BCUT2D eigenvalue weighted by atomic mass is 19.4. The lowest BCUT2D eigenvalue weighted by Gasteiger charge is -2.31. The van der Waals surface area contributed by atoms with Crippen molar-refractivity contribution in [2.75, 3.05) is 24.3 Å². The molecule has 1 fully saturated rings. The number of hydrogen-bond acceptors (Lipinski definition) is 8. The number of nitrogens with one attached hydrogen (secondary N) is 2. The van der Waals surface area contributed by atoms with Crippen molar-refractivity contribution in [1.82, 2.24) is 15.3 Å². The number of esters is 1. The number of carbonyl (C=O) groups excluding carboxylic acids is 2. The molecule has 2 aromatic carbocycles. The summed E-state index contributed by atoms with van der Waals surface area (Å²) in [5.41, 5.74) is 0.769. The Morgan fingerprint density at radius 1 is 0.975 bits per heavy atom. The summed E-state index contributed by atoms with van der Waals surface area (Å²) in [7, 11) is 3.75. The Balaban J connectivity index is 1.38. The van der Waals surface area contributed by atoms with E-state index < -0.39 is 47.8 Å². The molecule has 4 rings (SSSR count). The Morgan fingerprint density at radius 2 is 1.65 bits per heavy atom. The number of anilines is 2. The Morgan fingerprint density at radius 3 is 2.30 bits per heavy atom. The van der Waals surface area contributed by atoms with Crippen LogP contribution in [-0.4, -0.2) is 60.5 Å². The number of nitrogens with zero attached hydrogens (tertiary/aromatic N) is 3. The van der Waals surface area contributed by atoms with E-state index in [4.69, 9.17) is 4.74 Å². The van der Waals surface area contributed by atoms with Gasteiger partial charge in [-0.05, 0) is 49.9 Å². The number of alkyl halides is 3. The lowest BCUT2D eigenvalue weighted by molar-refractivity contribution is -0.216. The molecule has 1 aromatic heterocycles. The first-order valence-electron chi connectivity index (χ1n) is 12.3. The van der Waals surface area contributed by atoms with Crippen molar-refractivity contribution in [3.8, 4) is 5.75 Å². The second kappa shape index (κ2) is 11.9. The number of aromatic nitrogens is 2. The Labute approximate surface area is 225 Å². The molecule has 0 aliphatic heterocycles. The van der Waals surface area contributed by atoms with Gasteiger partial charge in [0.25, 0.3) is 0 Å². The zero-order valence-electron chi connectivity index (χ0n) is 21.5. The monoisotopic (exact) mass is 567 g/mol. The molecule has 0 bridgehead atoms. The van der Waals surface area contributed by atoms with E-state index >= 15 is 0 Å². The summed E-state index contributed by atoms with van der Waals surface area (Å²) >= 11 is 0. The van der Waals surface area contributed by atoms with Crippen LogP contribution in [0, 0.1) is 11.6 Å². The van der Waals surface area contributed by atoms with E-state index in [9.17, 15) is 31.5 Å². The van der Waals surface area contributed by atoms with E-state index in [1.165, 1.54) is 0 Å². The smallest absolute Gasteiger partial charge is 0.446 e. The van der Waals surface area contributed by atoms with Crippen molar-refractivity contribution < 1.29 is 41.0 Å². The van der Waals surface area contributed by atoms with E-state index in [-0.39, 0.29) is 6.04 Å². The van der Waals surface area contributed by atoms with Crippen molar-refractivity contribution >= 4 is 34.5 Å². The Bertz CT molecular complexity index is 1380. The molecule has 0 spiro atoms. The zero-order valence-corrected chi connectivity index (χ0v) is 21.5. The molecule has 40 heavy (non-hydrogen) atoms. The van der Waals surface area contributed by atoms with Gasteiger partial charge < -0.3 is 25.0 Å². The molecule has 1 amide bonds. The summed E-state index contributed by atoms with van der Waals surface area (Å²) in [5.74, 6) is -5.77. The maximum absolute atomic E-state index is 13.5. The molecule has 2 N–H and O–H groups in total. The molecule has 14 heteroatoms. The molecule has 0 saturated heterocycles. The minimum Gasteiger partial charge on any atom is -0.446 e. The minimum absolute atomic E-state index is 0.0402. The van der Waals surface area contributed by atoms with Crippen LogP contribution in [0.25, 0.3) is 10.9 Å². The van der Waals surface area contributed by atoms with Crippen molar-refractivity contribution in [2.24, 2.45) is 0 Å². The van der Waals surface area contributed by atoms with E-state index in [0.717, 1.165) is 22.8 Å². The summed E-state index contributed by atoms with van der Waals surface area (Å²) in [4.78, 5) is 35.2. The van der Waals surface area contributed by atoms with Gasteiger partial charge in [0, 0.05) is 37.6 Å². The van der Waals surface area contributed by atoms with Crippen LogP contribution >= 0.6 is 0 Å². The van der Waals surface area contributed by atoms with Gasteiger partial charge in [0.05, 0.1) is 5.52 Å². The van der Waals surface area contributed by atoms with Crippen LogP contribution < -0.4 is 20.3 Å². The molecular formula is C26H26F5N5O4. The molecule has 1 atom stereocenters. The lowest BCUT2D eigenvalue weighted by atomic mass is 9.91. The number of ether oxygens (including phenoxy) is 2. The number of halogens is 5. The third kappa shape index (κ3) is 7.04. The standard InChI is InChI=1S/C26H26F5N5O4/c1-36(2)21-17-5-3-4-6-20(17)34-25(35-21)33-15-9-7-14(8-10-15)32-22(37)23(40-24(38)26(29,30)31)39-16-11-12-18(27)19(28)13-16/h3-6,11-15,23H,7-10H2,1-2H3,(H,32,37)(H,33,34,35). The summed E-state index contributed by atoms with van der Waals surface area (Å²) in [5, 5.41) is 6.71. The molecule has 1 aliphatic carbocycles. The van der Waals surface area contributed by atoms with Crippen LogP contribution in [0.2, 0.25) is 0 Å². The van der Waals surface area contributed by atoms with Crippen molar-refractivity contribution in [2.45, 2.75) is 50.2 Å². The maximum atomic E-state index is 13.5. The normalized spacial score (nSPS) is 18.1. The predicted molar refractivity (Wildman–Crippen MR) is 135 cm³/mol. The second-order valence-electron chi connectivity index (χ2n) is 9.41. The summed E-state index contributed by atoms with van der Waals surface area (Å²) in [6.07, 6.45) is -5.79. The van der Waals surface area contributed by atoms with E-state index in [1.807, 2.05) is 43.3 Å². The summed E-state index contributed by atoms with van der Waals surface area (Å²) in [6, 6.07) is 9.13. The molecule has 1 aliphatic rings. The van der Waals surface area contributed by atoms with Crippen LogP contribution in [-0.2, 0) is 14.3 Å². The molecule has 214 valence electrons. The number of fused-ring (bicyclic) bond motifs is 1. The van der Waals surface area contributed by atoms with Gasteiger partial charge >= 0.3 is 24.3 Å². The van der Waals surface area contributed by atoms with Gasteiger partial charge in [0.1, 0.15) is 11.6 Å². The fraction of sp³-hybridized carbons (Fsp3) is 0.385. The highest BCUT2D eigenvalue weighted by molar-refractivity contribution is 5.90. The zero-order chi connectivity index (χ0) is 29.0. The number of carbonyl (C=O) groups is 2. The number of hydrogen-bond donors (Lipinski definition) is 2. The van der Waals surface area contributed by atoms with Gasteiger partial charge in [-0.25, -0.2) is 18.6 Å². The SMILES string of the molecule is CN(C)c1nc(NC2CCC(NC(=O)C(OC(=O)C(F)(F)F)Oc3ccc(F)c(F)c3)CC2)nc2ccccc12. The quantitative estimate of drug-likeness (QED) is 0.236. The van der Waals surface area contributed by atoms with E-state index in [0.29, 0.717) is 43.8 Å². The molecule has 1 saturated carbocycles. The third-order valence-corrected chi connectivity index (χ3v) is 6.21. The number of benzene rings is 2. The molecule has 1 unspecified atom stereocenters. The largest absolute Gasteiger partial charge is 0.491 e. The molecule has 9 nitrogen and oxygen atoms in total.